The van der Waals surface area contributed by atoms with Crippen molar-refractivity contribution < 1.29 is 9.47 Å². The number of methoxy groups -OCH3 is 1. The van der Waals surface area contributed by atoms with Crippen LogP contribution in [-0.4, -0.2) is 33.4 Å². The van der Waals surface area contributed by atoms with Gasteiger partial charge in [-0.1, -0.05) is 32.9 Å². The summed E-state index contributed by atoms with van der Waals surface area (Å²) in [5.41, 5.74) is 2.93. The molecule has 0 radical (unpaired) electrons. The number of nitrogens with one attached hydrogen (secondary N) is 1. The molecule has 1 saturated heterocycles. The molecule has 0 aliphatic carbocycles. The Morgan fingerprint density at radius 2 is 1.82 bits per heavy atom. The van der Waals surface area contributed by atoms with Crippen molar-refractivity contribution in [1.82, 2.24) is 5.32 Å². The molecule has 1 aromatic rings. The number of hydrogen-bond acceptors (Lipinski definition) is 3. The summed E-state index contributed by atoms with van der Waals surface area (Å²) in [6.07, 6.45) is 2.38. The van der Waals surface area contributed by atoms with E-state index in [1.54, 1.807) is 7.11 Å². The number of rotatable bonds is 5. The standard InChI is InChI=1S/C18H29NO2.ClH/c1-18(2,3)15-5-6-17(21-12-11-20-4)16(13-15)14-7-9-19-10-8-14;/h5-6,13-14,19H,7-12H2,1-4H3;1H. The largest absolute Gasteiger partial charge is 0.491 e. The monoisotopic (exact) mass is 327 g/mol. The van der Waals surface area contributed by atoms with Gasteiger partial charge in [0.2, 0.25) is 0 Å². The van der Waals surface area contributed by atoms with Crippen LogP contribution in [0.5, 0.6) is 5.75 Å². The Hall–Kier alpha value is -0.770. The smallest absolute Gasteiger partial charge is 0.122 e. The van der Waals surface area contributed by atoms with Crippen molar-refractivity contribution in [2.75, 3.05) is 33.4 Å². The van der Waals surface area contributed by atoms with Crippen LogP contribution in [0.2, 0.25) is 0 Å². The van der Waals surface area contributed by atoms with Gasteiger partial charge in [-0.15, -0.1) is 12.4 Å². The van der Waals surface area contributed by atoms with Crippen LogP contribution >= 0.6 is 12.4 Å². The van der Waals surface area contributed by atoms with E-state index in [2.05, 4.69) is 44.3 Å². The Labute approximate surface area is 141 Å². The first-order chi connectivity index (χ1) is 10.0. The maximum absolute atomic E-state index is 5.95. The van der Waals surface area contributed by atoms with Crippen LogP contribution in [0.3, 0.4) is 0 Å². The van der Waals surface area contributed by atoms with Crippen molar-refractivity contribution in [3.63, 3.8) is 0 Å². The van der Waals surface area contributed by atoms with Gasteiger partial charge in [-0.05, 0) is 54.5 Å². The minimum absolute atomic E-state index is 0. The van der Waals surface area contributed by atoms with Gasteiger partial charge in [0.25, 0.3) is 0 Å². The van der Waals surface area contributed by atoms with E-state index in [0.717, 1.165) is 18.8 Å². The summed E-state index contributed by atoms with van der Waals surface area (Å²) in [5.74, 6) is 1.64. The molecule has 1 N–H and O–H groups in total. The third kappa shape index (κ3) is 5.15. The first-order valence-corrected chi connectivity index (χ1v) is 7.99. The van der Waals surface area contributed by atoms with Crippen molar-refractivity contribution in [2.24, 2.45) is 0 Å². The summed E-state index contributed by atoms with van der Waals surface area (Å²) < 4.78 is 11.0. The first kappa shape index (κ1) is 19.3. The second-order valence-corrected chi connectivity index (χ2v) is 6.87. The van der Waals surface area contributed by atoms with E-state index in [-0.39, 0.29) is 17.8 Å². The van der Waals surface area contributed by atoms with Crippen LogP contribution in [0.1, 0.15) is 50.7 Å². The van der Waals surface area contributed by atoms with Gasteiger partial charge in [0.1, 0.15) is 12.4 Å². The maximum atomic E-state index is 5.95. The Kier molecular flexibility index (Phi) is 7.67. The highest BCUT2D eigenvalue weighted by Gasteiger charge is 2.22. The first-order valence-electron chi connectivity index (χ1n) is 7.99. The third-order valence-electron chi connectivity index (χ3n) is 4.20. The molecule has 3 nitrogen and oxygen atoms in total. The molecular formula is C18H30ClNO2. The Morgan fingerprint density at radius 3 is 2.41 bits per heavy atom. The fraction of sp³-hybridized carbons (Fsp3) is 0.667. The van der Waals surface area contributed by atoms with Gasteiger partial charge in [0.05, 0.1) is 6.61 Å². The fourth-order valence-electron chi connectivity index (χ4n) is 2.83. The minimum atomic E-state index is 0. The Bertz CT molecular complexity index is 451. The normalized spacial score (nSPS) is 16.2. The van der Waals surface area contributed by atoms with Crippen LogP contribution < -0.4 is 10.1 Å². The molecule has 22 heavy (non-hydrogen) atoms. The molecule has 0 saturated carbocycles. The second-order valence-electron chi connectivity index (χ2n) is 6.87. The van der Waals surface area contributed by atoms with E-state index in [0.29, 0.717) is 19.1 Å². The van der Waals surface area contributed by atoms with Crippen LogP contribution in [0, 0.1) is 0 Å². The predicted octanol–water partition coefficient (Wildman–Crippen LogP) is 3.90. The third-order valence-corrected chi connectivity index (χ3v) is 4.20. The van der Waals surface area contributed by atoms with Crippen LogP contribution in [0.25, 0.3) is 0 Å². The van der Waals surface area contributed by atoms with Crippen LogP contribution in [0.4, 0.5) is 0 Å². The fourth-order valence-corrected chi connectivity index (χ4v) is 2.83. The SMILES string of the molecule is COCCOc1ccc(C(C)(C)C)cc1C1CCNCC1.Cl. The minimum Gasteiger partial charge on any atom is -0.491 e. The van der Waals surface area contributed by atoms with Gasteiger partial charge in [0.15, 0.2) is 0 Å². The maximum Gasteiger partial charge on any atom is 0.122 e. The number of ether oxygens (including phenoxy) is 2. The Balaban J connectivity index is 0.00000242. The lowest BCUT2D eigenvalue weighted by atomic mass is 9.82. The molecule has 0 unspecified atom stereocenters. The van der Waals surface area contributed by atoms with Crippen molar-refractivity contribution in [3.05, 3.63) is 29.3 Å². The molecular weight excluding hydrogens is 298 g/mol. The zero-order chi connectivity index (χ0) is 15.3. The number of piperidine rings is 1. The van der Waals surface area contributed by atoms with Gasteiger partial charge in [-0.2, -0.15) is 0 Å². The van der Waals surface area contributed by atoms with Gasteiger partial charge in [0, 0.05) is 7.11 Å². The molecule has 4 heteroatoms. The van der Waals surface area contributed by atoms with E-state index in [1.807, 2.05) is 0 Å². The van der Waals surface area contributed by atoms with E-state index in [9.17, 15) is 0 Å². The predicted molar refractivity (Wildman–Crippen MR) is 94.6 cm³/mol. The summed E-state index contributed by atoms with van der Waals surface area (Å²) in [5, 5.41) is 3.44. The Morgan fingerprint density at radius 1 is 1.14 bits per heavy atom. The lowest BCUT2D eigenvalue weighted by Crippen LogP contribution is -2.27. The van der Waals surface area contributed by atoms with Gasteiger partial charge in [-0.3, -0.25) is 0 Å². The molecule has 126 valence electrons. The van der Waals surface area contributed by atoms with Gasteiger partial charge >= 0.3 is 0 Å². The van der Waals surface area contributed by atoms with Crippen molar-refractivity contribution >= 4 is 12.4 Å². The molecule has 0 bridgehead atoms. The quantitative estimate of drug-likeness (QED) is 0.832. The number of hydrogen-bond donors (Lipinski definition) is 1. The summed E-state index contributed by atoms with van der Waals surface area (Å²) in [6.45, 7) is 10.2. The van der Waals surface area contributed by atoms with Gasteiger partial charge in [-0.25, -0.2) is 0 Å². The molecule has 0 aromatic heterocycles. The summed E-state index contributed by atoms with van der Waals surface area (Å²) >= 11 is 0. The van der Waals surface area contributed by atoms with Gasteiger partial charge < -0.3 is 14.8 Å². The van der Waals surface area contributed by atoms with Crippen LogP contribution in [-0.2, 0) is 10.2 Å². The summed E-state index contributed by atoms with van der Waals surface area (Å²) in [7, 11) is 1.71. The van der Waals surface area contributed by atoms with Crippen molar-refractivity contribution in [3.8, 4) is 5.75 Å². The van der Waals surface area contributed by atoms with Crippen LogP contribution in [0.15, 0.2) is 18.2 Å². The number of benzene rings is 1. The van der Waals surface area contributed by atoms with Crippen molar-refractivity contribution in [1.29, 1.82) is 0 Å². The van der Waals surface area contributed by atoms with E-state index in [4.69, 9.17) is 9.47 Å². The molecule has 1 aliphatic heterocycles. The molecule has 0 spiro atoms. The van der Waals surface area contributed by atoms with E-state index < -0.39 is 0 Å². The highest BCUT2D eigenvalue weighted by Crippen LogP contribution is 2.36. The lowest BCUT2D eigenvalue weighted by molar-refractivity contribution is 0.145. The van der Waals surface area contributed by atoms with E-state index >= 15 is 0 Å². The highest BCUT2D eigenvalue weighted by atomic mass is 35.5. The zero-order valence-corrected chi connectivity index (χ0v) is 15.1. The molecule has 1 aliphatic rings. The summed E-state index contributed by atoms with van der Waals surface area (Å²) in [6, 6.07) is 6.71. The van der Waals surface area contributed by atoms with E-state index in [1.165, 1.54) is 24.0 Å². The second kappa shape index (κ2) is 8.76. The molecule has 1 aromatic carbocycles. The highest BCUT2D eigenvalue weighted by molar-refractivity contribution is 5.85. The molecule has 0 amide bonds. The number of halogens is 1. The summed E-state index contributed by atoms with van der Waals surface area (Å²) in [4.78, 5) is 0. The zero-order valence-electron chi connectivity index (χ0n) is 14.3. The molecule has 1 fully saturated rings. The lowest BCUT2D eigenvalue weighted by Gasteiger charge is -2.28. The molecule has 0 atom stereocenters. The van der Waals surface area contributed by atoms with Crippen molar-refractivity contribution in [2.45, 2.75) is 44.9 Å². The average molecular weight is 328 g/mol. The average Bonchev–Trinajstić information content (AvgIpc) is 2.47. The molecule has 2 rings (SSSR count). The molecule has 1 heterocycles. The topological polar surface area (TPSA) is 30.5 Å².